The van der Waals surface area contributed by atoms with Gasteiger partial charge < -0.3 is 4.80 Å². The highest BCUT2D eigenvalue weighted by Gasteiger charge is 2.25. The maximum absolute atomic E-state index is 10.5. The van der Waals surface area contributed by atoms with Crippen LogP contribution in [0.15, 0.2) is 35.1 Å². The summed E-state index contributed by atoms with van der Waals surface area (Å²) in [6.07, 6.45) is 11.0. The van der Waals surface area contributed by atoms with Crippen LogP contribution in [0.25, 0.3) is 0 Å². The van der Waals surface area contributed by atoms with Crippen molar-refractivity contribution in [3.63, 3.8) is 0 Å². The highest BCUT2D eigenvalue weighted by atomic mass is 28.4. The van der Waals surface area contributed by atoms with Crippen molar-refractivity contribution in [3.8, 4) is 0 Å². The standard InChI is InChI=1S/C17H32OSi/c1-7-10-13-15(4)16(14-11-8-2)17(12-9-3)19(5,6)18/h9,12,18H,4,7-8,10-11,13-14H2,1-3,5-6H3/b12-9-,17-16-. The Morgan fingerprint density at radius 3 is 2.05 bits per heavy atom. The molecule has 0 amide bonds. The van der Waals surface area contributed by atoms with Gasteiger partial charge in [0.15, 0.2) is 0 Å². The smallest absolute Gasteiger partial charge is 0.214 e. The average Bonchev–Trinajstić information content (AvgIpc) is 2.34. The van der Waals surface area contributed by atoms with E-state index in [1.807, 2.05) is 26.1 Å². The van der Waals surface area contributed by atoms with Gasteiger partial charge in [-0.2, -0.15) is 0 Å². The lowest BCUT2D eigenvalue weighted by Crippen LogP contribution is -2.29. The topological polar surface area (TPSA) is 20.2 Å². The maximum Gasteiger partial charge on any atom is 0.214 e. The van der Waals surface area contributed by atoms with Gasteiger partial charge >= 0.3 is 0 Å². The minimum Gasteiger partial charge on any atom is -0.428 e. The van der Waals surface area contributed by atoms with Crippen molar-refractivity contribution in [2.45, 2.75) is 72.4 Å². The van der Waals surface area contributed by atoms with Crippen molar-refractivity contribution < 1.29 is 4.80 Å². The predicted octanol–water partition coefficient (Wildman–Crippen LogP) is 5.53. The van der Waals surface area contributed by atoms with Crippen LogP contribution in [0.1, 0.15) is 59.3 Å². The number of allylic oxidation sites excluding steroid dienone is 5. The van der Waals surface area contributed by atoms with Gasteiger partial charge in [0.1, 0.15) is 0 Å². The summed E-state index contributed by atoms with van der Waals surface area (Å²) in [5.41, 5.74) is 2.56. The summed E-state index contributed by atoms with van der Waals surface area (Å²) in [6.45, 7) is 14.7. The molecule has 0 aliphatic rings. The molecule has 0 bridgehead atoms. The molecule has 0 radical (unpaired) electrons. The van der Waals surface area contributed by atoms with E-state index in [0.717, 1.165) is 12.8 Å². The Kier molecular flexibility index (Phi) is 9.03. The fraction of sp³-hybridized carbons (Fsp3) is 0.647. The lowest BCUT2D eigenvalue weighted by molar-refractivity contribution is 0.562. The average molecular weight is 281 g/mol. The first-order chi connectivity index (χ1) is 8.88. The summed E-state index contributed by atoms with van der Waals surface area (Å²) in [4.78, 5) is 10.5. The van der Waals surface area contributed by atoms with E-state index in [-0.39, 0.29) is 0 Å². The SMILES string of the molecule is C=C(CCCC)/C(CCCC)=C(/C=C\C)[Si](C)(C)O. The Labute approximate surface area is 121 Å². The molecule has 1 nitrogen and oxygen atoms in total. The third-order valence-electron chi connectivity index (χ3n) is 3.36. The van der Waals surface area contributed by atoms with E-state index in [9.17, 15) is 4.80 Å². The number of rotatable bonds is 9. The van der Waals surface area contributed by atoms with Gasteiger partial charge in [0.05, 0.1) is 0 Å². The van der Waals surface area contributed by atoms with Crippen molar-refractivity contribution >= 4 is 8.32 Å². The molecule has 0 spiro atoms. The predicted molar refractivity (Wildman–Crippen MR) is 89.7 cm³/mol. The second-order valence-corrected chi connectivity index (χ2v) is 9.42. The van der Waals surface area contributed by atoms with E-state index < -0.39 is 8.32 Å². The minimum atomic E-state index is -2.29. The van der Waals surface area contributed by atoms with Crippen LogP contribution in [-0.4, -0.2) is 13.1 Å². The fourth-order valence-corrected chi connectivity index (χ4v) is 3.85. The molecule has 0 rings (SSSR count). The highest BCUT2D eigenvalue weighted by Crippen LogP contribution is 2.29. The van der Waals surface area contributed by atoms with Gasteiger partial charge in [-0.05, 0) is 56.5 Å². The molecule has 110 valence electrons. The second-order valence-electron chi connectivity index (χ2n) is 5.76. The third kappa shape index (κ3) is 6.93. The molecule has 19 heavy (non-hydrogen) atoms. The van der Waals surface area contributed by atoms with Gasteiger partial charge in [-0.15, -0.1) is 0 Å². The van der Waals surface area contributed by atoms with Crippen molar-refractivity contribution in [2.75, 3.05) is 0 Å². The molecule has 0 aromatic heterocycles. The summed E-state index contributed by atoms with van der Waals surface area (Å²) >= 11 is 0. The molecule has 0 fully saturated rings. The normalized spacial score (nSPS) is 13.8. The quantitative estimate of drug-likeness (QED) is 0.435. The molecule has 0 heterocycles. The van der Waals surface area contributed by atoms with E-state index in [1.165, 1.54) is 42.0 Å². The van der Waals surface area contributed by atoms with E-state index in [1.54, 1.807) is 0 Å². The molecule has 0 aromatic rings. The molecule has 0 aromatic carbocycles. The fourth-order valence-electron chi connectivity index (χ4n) is 2.24. The molecule has 0 aliphatic carbocycles. The first kappa shape index (κ1) is 18.4. The van der Waals surface area contributed by atoms with Gasteiger partial charge in [0, 0.05) is 0 Å². The maximum atomic E-state index is 10.5. The van der Waals surface area contributed by atoms with Crippen LogP contribution in [0.5, 0.6) is 0 Å². The molecular weight excluding hydrogens is 248 g/mol. The number of hydrogen-bond donors (Lipinski definition) is 1. The van der Waals surface area contributed by atoms with E-state index in [4.69, 9.17) is 0 Å². The van der Waals surface area contributed by atoms with Crippen molar-refractivity contribution in [1.29, 1.82) is 0 Å². The summed E-state index contributed by atoms with van der Waals surface area (Å²) in [5.74, 6) is 0. The Bertz CT molecular complexity index is 332. The van der Waals surface area contributed by atoms with Crippen LogP contribution in [0.4, 0.5) is 0 Å². The van der Waals surface area contributed by atoms with Crippen LogP contribution in [0.2, 0.25) is 13.1 Å². The lowest BCUT2D eigenvalue weighted by Gasteiger charge is -2.23. The number of unbranched alkanes of at least 4 members (excludes halogenated alkanes) is 2. The third-order valence-corrected chi connectivity index (χ3v) is 5.14. The molecular formula is C17H32OSi. The zero-order chi connectivity index (χ0) is 14.9. The first-order valence-electron chi connectivity index (χ1n) is 7.65. The van der Waals surface area contributed by atoms with Gasteiger partial charge in [0.25, 0.3) is 0 Å². The van der Waals surface area contributed by atoms with Crippen LogP contribution >= 0.6 is 0 Å². The first-order valence-corrected chi connectivity index (χ1v) is 10.6. The van der Waals surface area contributed by atoms with Crippen LogP contribution in [0, 0.1) is 0 Å². The van der Waals surface area contributed by atoms with E-state index >= 15 is 0 Å². The summed E-state index contributed by atoms with van der Waals surface area (Å²) in [5, 5.41) is 1.17. The molecule has 0 saturated carbocycles. The van der Waals surface area contributed by atoms with Gasteiger partial charge in [-0.25, -0.2) is 0 Å². The summed E-state index contributed by atoms with van der Waals surface area (Å²) in [7, 11) is -2.29. The monoisotopic (exact) mass is 280 g/mol. The summed E-state index contributed by atoms with van der Waals surface area (Å²) < 4.78 is 0. The van der Waals surface area contributed by atoms with Gasteiger partial charge in [0.2, 0.25) is 8.32 Å². The minimum absolute atomic E-state index is 1.05. The Morgan fingerprint density at radius 1 is 1.11 bits per heavy atom. The van der Waals surface area contributed by atoms with Crippen molar-refractivity contribution in [3.05, 3.63) is 35.1 Å². The van der Waals surface area contributed by atoms with E-state index in [2.05, 4.69) is 26.5 Å². The highest BCUT2D eigenvalue weighted by molar-refractivity contribution is 6.78. The van der Waals surface area contributed by atoms with Crippen molar-refractivity contribution in [2.24, 2.45) is 0 Å². The molecule has 2 heteroatoms. The molecule has 1 N–H and O–H groups in total. The Morgan fingerprint density at radius 2 is 1.63 bits per heavy atom. The zero-order valence-corrected chi connectivity index (χ0v) is 14.6. The Balaban J connectivity index is 5.41. The van der Waals surface area contributed by atoms with Crippen molar-refractivity contribution in [1.82, 2.24) is 0 Å². The lowest BCUT2D eigenvalue weighted by atomic mass is 9.96. The largest absolute Gasteiger partial charge is 0.428 e. The van der Waals surface area contributed by atoms with Crippen LogP contribution < -0.4 is 0 Å². The van der Waals surface area contributed by atoms with Gasteiger partial charge in [-0.1, -0.05) is 51.0 Å². The molecule has 0 atom stereocenters. The molecule has 0 unspecified atom stereocenters. The second kappa shape index (κ2) is 9.32. The zero-order valence-electron chi connectivity index (χ0n) is 13.6. The molecule has 0 aliphatic heterocycles. The van der Waals surface area contributed by atoms with Gasteiger partial charge in [-0.3, -0.25) is 0 Å². The Hall–Kier alpha value is -0.603. The summed E-state index contributed by atoms with van der Waals surface area (Å²) in [6, 6.07) is 0. The van der Waals surface area contributed by atoms with Crippen LogP contribution in [0.3, 0.4) is 0 Å². The van der Waals surface area contributed by atoms with E-state index in [0.29, 0.717) is 0 Å². The number of hydrogen-bond acceptors (Lipinski definition) is 1. The molecule has 0 saturated heterocycles. The van der Waals surface area contributed by atoms with Crippen LogP contribution in [-0.2, 0) is 0 Å².